The summed E-state index contributed by atoms with van der Waals surface area (Å²) in [5.74, 6) is 0.600. The van der Waals surface area contributed by atoms with Crippen LogP contribution in [-0.4, -0.2) is 25.1 Å². The van der Waals surface area contributed by atoms with Gasteiger partial charge in [0.15, 0.2) is 0 Å². The summed E-state index contributed by atoms with van der Waals surface area (Å²) in [5.41, 5.74) is 1.16. The monoisotopic (exact) mass is 193 g/mol. The molecule has 0 aliphatic rings. The fraction of sp³-hybridized carbons (Fsp3) is 0.364. The lowest BCUT2D eigenvalue weighted by Gasteiger charge is -2.10. The first-order valence-electron chi connectivity index (χ1n) is 4.61. The summed E-state index contributed by atoms with van der Waals surface area (Å²) in [5, 5.41) is 0. The number of hydrogen-bond donors (Lipinski definition) is 0. The van der Waals surface area contributed by atoms with E-state index in [4.69, 9.17) is 4.74 Å². The van der Waals surface area contributed by atoms with Crippen LogP contribution in [0.15, 0.2) is 24.3 Å². The van der Waals surface area contributed by atoms with Crippen LogP contribution in [0.1, 0.15) is 12.5 Å². The minimum absolute atomic E-state index is 0.349. The quantitative estimate of drug-likeness (QED) is 0.721. The second-order valence-electron chi connectivity index (χ2n) is 3.26. The predicted molar refractivity (Wildman–Crippen MR) is 55.5 cm³/mol. The van der Waals surface area contributed by atoms with Crippen molar-refractivity contribution in [3.63, 3.8) is 0 Å². The van der Waals surface area contributed by atoms with Gasteiger partial charge in [0.2, 0.25) is 0 Å². The highest BCUT2D eigenvalue weighted by Crippen LogP contribution is 2.14. The van der Waals surface area contributed by atoms with Crippen LogP contribution in [0, 0.1) is 0 Å². The normalized spacial score (nSPS) is 9.64. The zero-order chi connectivity index (χ0) is 10.6. The van der Waals surface area contributed by atoms with E-state index in [1.54, 1.807) is 20.2 Å². The van der Waals surface area contributed by atoms with Gasteiger partial charge in [-0.1, -0.05) is 19.1 Å². The third-order valence-corrected chi connectivity index (χ3v) is 1.88. The van der Waals surface area contributed by atoms with Crippen molar-refractivity contribution >= 4 is 6.09 Å². The Morgan fingerprint density at radius 1 is 1.43 bits per heavy atom. The number of hydrogen-bond acceptors (Lipinski definition) is 2. The molecule has 1 amide bonds. The second-order valence-corrected chi connectivity index (χ2v) is 3.26. The summed E-state index contributed by atoms with van der Waals surface area (Å²) in [7, 11) is 3.32. The molecule has 76 valence electrons. The molecule has 0 aliphatic carbocycles. The number of ether oxygens (including phenoxy) is 1. The summed E-state index contributed by atoms with van der Waals surface area (Å²) < 4.78 is 5.11. The predicted octanol–water partition coefficient (Wildman–Crippen LogP) is 2.31. The van der Waals surface area contributed by atoms with E-state index >= 15 is 0 Å². The van der Waals surface area contributed by atoms with E-state index in [-0.39, 0.29) is 6.09 Å². The summed E-state index contributed by atoms with van der Waals surface area (Å²) in [6.07, 6.45) is 0.589. The first kappa shape index (κ1) is 10.6. The van der Waals surface area contributed by atoms with Gasteiger partial charge in [0, 0.05) is 14.1 Å². The molecule has 0 aliphatic heterocycles. The molecule has 0 aromatic heterocycles. The molecule has 0 bridgehead atoms. The van der Waals surface area contributed by atoms with Gasteiger partial charge in [0.25, 0.3) is 0 Å². The van der Waals surface area contributed by atoms with Crippen molar-refractivity contribution in [2.75, 3.05) is 14.1 Å². The number of benzene rings is 1. The highest BCUT2D eigenvalue weighted by atomic mass is 16.6. The molecule has 0 saturated heterocycles. The third-order valence-electron chi connectivity index (χ3n) is 1.88. The Kier molecular flexibility index (Phi) is 3.51. The SMILES string of the molecule is CCc1cccc(OC(=O)N(C)C)c1. The van der Waals surface area contributed by atoms with Gasteiger partial charge in [0.1, 0.15) is 5.75 Å². The average molecular weight is 193 g/mol. The molecule has 0 heterocycles. The number of carbonyl (C=O) groups is 1. The maximum Gasteiger partial charge on any atom is 0.414 e. The van der Waals surface area contributed by atoms with Crippen LogP contribution >= 0.6 is 0 Å². The number of rotatable bonds is 2. The highest BCUT2D eigenvalue weighted by molar-refractivity contribution is 5.69. The van der Waals surface area contributed by atoms with E-state index in [1.807, 2.05) is 18.2 Å². The summed E-state index contributed by atoms with van der Waals surface area (Å²) in [6, 6.07) is 7.55. The molecular weight excluding hydrogens is 178 g/mol. The zero-order valence-corrected chi connectivity index (χ0v) is 8.78. The smallest absolute Gasteiger partial charge is 0.410 e. The maximum absolute atomic E-state index is 11.2. The molecule has 0 spiro atoms. The van der Waals surface area contributed by atoms with Crippen molar-refractivity contribution in [1.29, 1.82) is 0 Å². The lowest BCUT2D eigenvalue weighted by Crippen LogP contribution is -2.25. The summed E-state index contributed by atoms with van der Waals surface area (Å²) in [4.78, 5) is 12.6. The molecular formula is C11H15NO2. The zero-order valence-electron chi connectivity index (χ0n) is 8.78. The van der Waals surface area contributed by atoms with Crippen molar-refractivity contribution in [1.82, 2.24) is 4.90 Å². The van der Waals surface area contributed by atoms with Crippen LogP contribution in [0.25, 0.3) is 0 Å². The Balaban J connectivity index is 2.72. The summed E-state index contributed by atoms with van der Waals surface area (Å²) in [6.45, 7) is 2.06. The van der Waals surface area contributed by atoms with Crippen LogP contribution in [0.3, 0.4) is 0 Å². The minimum Gasteiger partial charge on any atom is -0.410 e. The molecule has 0 radical (unpaired) electrons. The molecule has 14 heavy (non-hydrogen) atoms. The number of amides is 1. The van der Waals surface area contributed by atoms with Crippen molar-refractivity contribution in [2.24, 2.45) is 0 Å². The largest absolute Gasteiger partial charge is 0.414 e. The topological polar surface area (TPSA) is 29.5 Å². The van der Waals surface area contributed by atoms with E-state index in [0.29, 0.717) is 5.75 Å². The van der Waals surface area contributed by atoms with E-state index in [9.17, 15) is 4.79 Å². The van der Waals surface area contributed by atoms with Gasteiger partial charge in [-0.2, -0.15) is 0 Å². The van der Waals surface area contributed by atoms with Crippen LogP contribution in [0.5, 0.6) is 5.75 Å². The fourth-order valence-electron chi connectivity index (χ4n) is 1.02. The Bertz CT molecular complexity index is 321. The van der Waals surface area contributed by atoms with Crippen LogP contribution in [0.4, 0.5) is 4.79 Å². The van der Waals surface area contributed by atoms with E-state index in [1.165, 1.54) is 4.90 Å². The Hall–Kier alpha value is -1.51. The Morgan fingerprint density at radius 3 is 2.71 bits per heavy atom. The number of nitrogens with zero attached hydrogens (tertiary/aromatic N) is 1. The van der Waals surface area contributed by atoms with Crippen molar-refractivity contribution in [2.45, 2.75) is 13.3 Å². The van der Waals surface area contributed by atoms with Gasteiger partial charge in [0.05, 0.1) is 0 Å². The van der Waals surface area contributed by atoms with E-state index in [2.05, 4.69) is 6.92 Å². The maximum atomic E-state index is 11.2. The fourth-order valence-corrected chi connectivity index (χ4v) is 1.02. The molecule has 1 aromatic carbocycles. The minimum atomic E-state index is -0.349. The molecule has 0 fully saturated rings. The third kappa shape index (κ3) is 2.76. The van der Waals surface area contributed by atoms with Gasteiger partial charge >= 0.3 is 6.09 Å². The number of aryl methyl sites for hydroxylation is 1. The van der Waals surface area contributed by atoms with Crippen LogP contribution < -0.4 is 4.74 Å². The molecule has 0 N–H and O–H groups in total. The second kappa shape index (κ2) is 4.65. The Morgan fingerprint density at radius 2 is 2.14 bits per heavy atom. The van der Waals surface area contributed by atoms with Crippen LogP contribution in [0.2, 0.25) is 0 Å². The molecule has 3 heteroatoms. The van der Waals surface area contributed by atoms with Gasteiger partial charge < -0.3 is 9.64 Å². The van der Waals surface area contributed by atoms with Gasteiger partial charge in [-0.25, -0.2) is 4.79 Å². The molecule has 0 atom stereocenters. The molecule has 0 unspecified atom stereocenters. The number of carbonyl (C=O) groups excluding carboxylic acids is 1. The average Bonchev–Trinajstić information content (AvgIpc) is 2.18. The standard InChI is InChI=1S/C11H15NO2/c1-4-9-6-5-7-10(8-9)14-11(13)12(2)3/h5-8H,4H2,1-3H3. The molecule has 1 rings (SSSR count). The summed E-state index contributed by atoms with van der Waals surface area (Å²) >= 11 is 0. The van der Waals surface area contributed by atoms with E-state index in [0.717, 1.165) is 12.0 Å². The molecule has 3 nitrogen and oxygen atoms in total. The van der Waals surface area contributed by atoms with Crippen molar-refractivity contribution in [3.05, 3.63) is 29.8 Å². The molecule has 0 saturated carbocycles. The molecule has 1 aromatic rings. The first-order chi connectivity index (χ1) is 6.63. The lowest BCUT2D eigenvalue weighted by molar-refractivity contribution is 0.172. The Labute approximate surface area is 84.3 Å². The van der Waals surface area contributed by atoms with Gasteiger partial charge in [-0.15, -0.1) is 0 Å². The first-order valence-corrected chi connectivity index (χ1v) is 4.61. The van der Waals surface area contributed by atoms with Gasteiger partial charge in [-0.3, -0.25) is 0 Å². The van der Waals surface area contributed by atoms with Crippen molar-refractivity contribution < 1.29 is 9.53 Å². The van der Waals surface area contributed by atoms with E-state index < -0.39 is 0 Å². The van der Waals surface area contributed by atoms with Crippen LogP contribution in [-0.2, 0) is 6.42 Å². The van der Waals surface area contributed by atoms with Crippen molar-refractivity contribution in [3.8, 4) is 5.75 Å². The lowest BCUT2D eigenvalue weighted by atomic mass is 10.2. The van der Waals surface area contributed by atoms with Gasteiger partial charge in [-0.05, 0) is 24.1 Å². The highest BCUT2D eigenvalue weighted by Gasteiger charge is 2.06.